The Morgan fingerprint density at radius 1 is 1.27 bits per heavy atom. The molecule has 4 aliphatic rings. The van der Waals surface area contributed by atoms with Gasteiger partial charge < -0.3 is 14.9 Å². The van der Waals surface area contributed by atoms with E-state index in [0.29, 0.717) is 12.0 Å². The molecule has 0 saturated heterocycles. The Kier molecular flexibility index (Phi) is 4.71. The van der Waals surface area contributed by atoms with Crippen molar-refractivity contribution in [2.75, 3.05) is 6.61 Å². The highest BCUT2D eigenvalue weighted by atomic mass is 19.1. The molecule has 2 N–H and O–H groups in total. The quantitative estimate of drug-likeness (QED) is 0.537. The number of esters is 1. The topological polar surface area (TPSA) is 101 Å². The zero-order valence-corrected chi connectivity index (χ0v) is 17.4. The molecule has 2 fully saturated rings. The number of carbonyl (C=O) groups is 3. The van der Waals surface area contributed by atoms with Crippen LogP contribution in [-0.4, -0.2) is 52.2 Å². The minimum Gasteiger partial charge on any atom is -0.458 e. The number of alkyl halides is 1. The number of aliphatic hydroxyl groups excluding tert-OH is 1. The fourth-order valence-electron chi connectivity index (χ4n) is 6.33. The standard InChI is InChI=1S/C23H27FO6/c1-12(25)30-11-20(28)23(29)19(27)10-16-14-9-18(24)17-8-13(26)4-6-21(17,2)15(14)5-7-22(16,23)3/h4-6,8,14,16,18-19,27,29H,7,9-11H2,1-3H3. The van der Waals surface area contributed by atoms with Gasteiger partial charge in [0.1, 0.15) is 6.17 Å². The minimum absolute atomic E-state index is 0.134. The zero-order valence-electron chi connectivity index (χ0n) is 17.4. The molecule has 4 aliphatic carbocycles. The van der Waals surface area contributed by atoms with Gasteiger partial charge in [-0.15, -0.1) is 0 Å². The summed E-state index contributed by atoms with van der Waals surface area (Å²) in [5.41, 5.74) is -2.43. The summed E-state index contributed by atoms with van der Waals surface area (Å²) in [6.07, 6.45) is 4.43. The van der Waals surface area contributed by atoms with Crippen LogP contribution in [0.5, 0.6) is 0 Å². The molecule has 7 unspecified atom stereocenters. The van der Waals surface area contributed by atoms with Crippen molar-refractivity contribution < 1.29 is 33.7 Å². The molecule has 0 aliphatic heterocycles. The van der Waals surface area contributed by atoms with Gasteiger partial charge in [0.05, 0.1) is 6.10 Å². The third-order valence-electron chi connectivity index (χ3n) is 7.99. The van der Waals surface area contributed by atoms with Gasteiger partial charge in [0.2, 0.25) is 5.78 Å². The number of rotatable bonds is 3. The molecular weight excluding hydrogens is 391 g/mol. The number of Topliss-reactive ketones (excluding diaryl/α,β-unsaturated/α-hetero) is 1. The van der Waals surface area contributed by atoms with Crippen LogP contribution >= 0.6 is 0 Å². The lowest BCUT2D eigenvalue weighted by Crippen LogP contribution is -2.60. The normalized spacial score (nSPS) is 44.4. The third kappa shape index (κ3) is 2.64. The van der Waals surface area contributed by atoms with E-state index in [0.717, 1.165) is 5.57 Å². The highest BCUT2D eigenvalue weighted by Gasteiger charge is 2.69. The Hall–Kier alpha value is -2.12. The van der Waals surface area contributed by atoms with Crippen molar-refractivity contribution in [3.05, 3.63) is 35.5 Å². The molecule has 0 aromatic carbocycles. The van der Waals surface area contributed by atoms with Crippen LogP contribution in [0.1, 0.15) is 40.0 Å². The van der Waals surface area contributed by atoms with Crippen LogP contribution in [0.2, 0.25) is 0 Å². The Bertz CT molecular complexity index is 919. The molecule has 0 amide bonds. The molecule has 7 heteroatoms. The smallest absolute Gasteiger partial charge is 0.303 e. The van der Waals surface area contributed by atoms with Crippen molar-refractivity contribution in [3.8, 4) is 0 Å². The van der Waals surface area contributed by atoms with E-state index in [1.54, 1.807) is 13.0 Å². The molecule has 162 valence electrons. The van der Waals surface area contributed by atoms with Crippen molar-refractivity contribution in [3.63, 3.8) is 0 Å². The first-order valence-electron chi connectivity index (χ1n) is 10.3. The first-order valence-corrected chi connectivity index (χ1v) is 10.3. The molecule has 0 aromatic rings. The monoisotopic (exact) mass is 418 g/mol. The average Bonchev–Trinajstić information content (AvgIpc) is 2.89. The fraction of sp³-hybridized carbons (Fsp3) is 0.609. The van der Waals surface area contributed by atoms with Gasteiger partial charge in [-0.25, -0.2) is 4.39 Å². The Labute approximate surface area is 174 Å². The van der Waals surface area contributed by atoms with Gasteiger partial charge >= 0.3 is 5.97 Å². The van der Waals surface area contributed by atoms with Crippen LogP contribution in [0.15, 0.2) is 35.5 Å². The summed E-state index contributed by atoms with van der Waals surface area (Å²) in [5.74, 6) is -2.24. The number of ketones is 2. The van der Waals surface area contributed by atoms with E-state index in [4.69, 9.17) is 4.74 Å². The fourth-order valence-corrected chi connectivity index (χ4v) is 6.33. The van der Waals surface area contributed by atoms with Crippen LogP contribution in [0, 0.1) is 22.7 Å². The van der Waals surface area contributed by atoms with Gasteiger partial charge in [-0.3, -0.25) is 14.4 Å². The first-order chi connectivity index (χ1) is 13.9. The molecule has 2 saturated carbocycles. The van der Waals surface area contributed by atoms with Gasteiger partial charge in [0, 0.05) is 17.8 Å². The lowest BCUT2D eigenvalue weighted by Gasteiger charge is -2.54. The summed E-state index contributed by atoms with van der Waals surface area (Å²) >= 11 is 0. The summed E-state index contributed by atoms with van der Waals surface area (Å²) in [4.78, 5) is 35.8. The van der Waals surface area contributed by atoms with Crippen molar-refractivity contribution in [1.29, 1.82) is 0 Å². The molecule has 0 radical (unpaired) electrons. The second-order valence-electron chi connectivity index (χ2n) is 9.46. The van der Waals surface area contributed by atoms with E-state index >= 15 is 4.39 Å². The summed E-state index contributed by atoms with van der Waals surface area (Å²) < 4.78 is 20.0. The number of hydrogen-bond donors (Lipinski definition) is 2. The van der Waals surface area contributed by atoms with Gasteiger partial charge in [-0.2, -0.15) is 0 Å². The summed E-state index contributed by atoms with van der Waals surface area (Å²) in [6, 6.07) is 0. The second-order valence-corrected chi connectivity index (χ2v) is 9.46. The number of aliphatic hydroxyl groups is 2. The van der Waals surface area contributed by atoms with E-state index in [2.05, 4.69) is 0 Å². The molecule has 0 aromatic heterocycles. The maximum Gasteiger partial charge on any atom is 0.303 e. The minimum atomic E-state index is -2.09. The maximum atomic E-state index is 15.2. The van der Waals surface area contributed by atoms with E-state index in [-0.39, 0.29) is 30.5 Å². The summed E-state index contributed by atoms with van der Waals surface area (Å²) in [5, 5.41) is 22.2. The van der Waals surface area contributed by atoms with Crippen LogP contribution in [0.3, 0.4) is 0 Å². The van der Waals surface area contributed by atoms with E-state index in [1.165, 1.54) is 19.1 Å². The van der Waals surface area contributed by atoms with E-state index in [9.17, 15) is 24.6 Å². The Morgan fingerprint density at radius 3 is 2.63 bits per heavy atom. The molecule has 6 nitrogen and oxygen atoms in total. The lowest BCUT2D eigenvalue weighted by atomic mass is 9.51. The number of halogens is 1. The lowest BCUT2D eigenvalue weighted by molar-refractivity contribution is -0.174. The predicted molar refractivity (Wildman–Crippen MR) is 105 cm³/mol. The van der Waals surface area contributed by atoms with Gasteiger partial charge in [0.25, 0.3) is 0 Å². The SMILES string of the molecule is CC(=O)OCC(=O)C1(O)C(O)CC2C3CC(F)C4=CC(=O)C=CC4(C)C3=CCC21C. The number of ether oxygens (including phenoxy) is 1. The average molecular weight is 418 g/mol. The van der Waals surface area contributed by atoms with Crippen LogP contribution in [0.4, 0.5) is 4.39 Å². The molecule has 0 heterocycles. The Morgan fingerprint density at radius 2 is 1.97 bits per heavy atom. The van der Waals surface area contributed by atoms with Crippen LogP contribution < -0.4 is 0 Å². The Balaban J connectivity index is 1.74. The molecule has 0 spiro atoms. The van der Waals surface area contributed by atoms with Crippen molar-refractivity contribution in [2.45, 2.75) is 57.9 Å². The molecular formula is C23H27FO6. The number of hydrogen-bond acceptors (Lipinski definition) is 6. The third-order valence-corrected chi connectivity index (χ3v) is 7.99. The van der Waals surface area contributed by atoms with Crippen molar-refractivity contribution in [1.82, 2.24) is 0 Å². The van der Waals surface area contributed by atoms with Gasteiger partial charge in [0.15, 0.2) is 18.0 Å². The van der Waals surface area contributed by atoms with Gasteiger partial charge in [-0.1, -0.05) is 24.6 Å². The number of allylic oxidation sites excluding steroid dienone is 6. The zero-order chi connectivity index (χ0) is 22.1. The van der Waals surface area contributed by atoms with E-state index < -0.39 is 47.1 Å². The largest absolute Gasteiger partial charge is 0.458 e. The highest BCUT2D eigenvalue weighted by molar-refractivity contribution is 6.01. The molecule has 30 heavy (non-hydrogen) atoms. The summed E-state index contributed by atoms with van der Waals surface area (Å²) in [7, 11) is 0. The van der Waals surface area contributed by atoms with Crippen LogP contribution in [-0.2, 0) is 19.1 Å². The van der Waals surface area contributed by atoms with Crippen LogP contribution in [0.25, 0.3) is 0 Å². The predicted octanol–water partition coefficient (Wildman–Crippen LogP) is 2.00. The van der Waals surface area contributed by atoms with Crippen molar-refractivity contribution in [2.24, 2.45) is 22.7 Å². The highest BCUT2D eigenvalue weighted by Crippen LogP contribution is 2.65. The van der Waals surface area contributed by atoms with Gasteiger partial charge in [-0.05, 0) is 55.7 Å². The van der Waals surface area contributed by atoms with E-state index in [1.807, 2.05) is 13.0 Å². The molecule has 7 atom stereocenters. The first kappa shape index (κ1) is 21.1. The molecule has 0 bridgehead atoms. The number of carbonyl (C=O) groups excluding carboxylic acids is 3. The number of fused-ring (bicyclic) bond motifs is 5. The second kappa shape index (κ2) is 6.69. The maximum absolute atomic E-state index is 15.2. The van der Waals surface area contributed by atoms with Crippen molar-refractivity contribution >= 4 is 17.5 Å². The molecule has 4 rings (SSSR count). The summed E-state index contributed by atoms with van der Waals surface area (Å²) in [6.45, 7) is 4.18.